The minimum atomic E-state index is -3.92. The molecule has 0 aliphatic carbocycles. The largest absolute Gasteiger partial charge is 0.495 e. The third-order valence-corrected chi connectivity index (χ3v) is 6.34. The number of aryl methyl sites for hydroxylation is 1. The number of anilines is 2. The average Bonchev–Trinajstić information content (AvgIpc) is 2.83. The van der Waals surface area contributed by atoms with Crippen LogP contribution < -0.4 is 24.2 Å². The Morgan fingerprint density at radius 2 is 1.56 bits per heavy atom. The fourth-order valence-corrected chi connectivity index (χ4v) is 4.31. The molecule has 0 aromatic heterocycles. The van der Waals surface area contributed by atoms with Gasteiger partial charge in [0.2, 0.25) is 5.91 Å². The monoisotopic (exact) mass is 482 g/mol. The molecular weight excluding hydrogens is 456 g/mol. The molecule has 0 spiro atoms. The summed E-state index contributed by atoms with van der Waals surface area (Å²) in [6.45, 7) is 1.77. The number of carbonyl (C=O) groups is 1. The molecule has 0 aliphatic rings. The number of rotatable bonds is 9. The number of methoxy groups -OCH3 is 3. The van der Waals surface area contributed by atoms with Gasteiger partial charge in [0.15, 0.2) is 11.5 Å². The molecule has 0 radical (unpaired) electrons. The second kappa shape index (κ2) is 10.8. The van der Waals surface area contributed by atoms with Crippen LogP contribution in [0.4, 0.5) is 11.4 Å². The van der Waals surface area contributed by atoms with Crippen LogP contribution in [0.1, 0.15) is 11.1 Å². The summed E-state index contributed by atoms with van der Waals surface area (Å²) in [6.07, 6.45) is 2.93. The second-order valence-corrected chi connectivity index (χ2v) is 8.87. The molecule has 0 aliphatic heterocycles. The maximum atomic E-state index is 12.9. The lowest BCUT2D eigenvalue weighted by atomic mass is 10.1. The Hall–Kier alpha value is -3.98. The summed E-state index contributed by atoms with van der Waals surface area (Å²) < 4.78 is 44.2. The number of para-hydroxylation sites is 3. The van der Waals surface area contributed by atoms with Gasteiger partial charge in [-0.25, -0.2) is 8.42 Å². The van der Waals surface area contributed by atoms with E-state index in [0.29, 0.717) is 39.8 Å². The highest BCUT2D eigenvalue weighted by molar-refractivity contribution is 7.92. The van der Waals surface area contributed by atoms with E-state index in [1.165, 1.54) is 39.5 Å². The molecule has 0 unspecified atom stereocenters. The normalized spacial score (nSPS) is 11.2. The molecule has 3 rings (SSSR count). The molecule has 0 bridgehead atoms. The molecule has 0 fully saturated rings. The molecule has 1 amide bonds. The van der Waals surface area contributed by atoms with Crippen LogP contribution in [0.2, 0.25) is 0 Å². The van der Waals surface area contributed by atoms with Gasteiger partial charge < -0.3 is 19.5 Å². The van der Waals surface area contributed by atoms with Gasteiger partial charge >= 0.3 is 0 Å². The van der Waals surface area contributed by atoms with Crippen molar-refractivity contribution in [1.29, 1.82) is 0 Å². The third-order valence-electron chi connectivity index (χ3n) is 4.98. The van der Waals surface area contributed by atoms with E-state index in [1.807, 2.05) is 0 Å². The Kier molecular flexibility index (Phi) is 7.80. The first kappa shape index (κ1) is 24.7. The van der Waals surface area contributed by atoms with Crippen molar-refractivity contribution in [3.05, 3.63) is 77.9 Å². The Bertz CT molecular complexity index is 1320. The maximum absolute atomic E-state index is 12.9. The van der Waals surface area contributed by atoms with Crippen LogP contribution in [0.3, 0.4) is 0 Å². The molecular formula is C25H26N2O6S. The van der Waals surface area contributed by atoms with Crippen molar-refractivity contribution in [2.24, 2.45) is 0 Å². The molecule has 9 heteroatoms. The number of benzene rings is 3. The molecule has 3 aromatic rings. The van der Waals surface area contributed by atoms with E-state index < -0.39 is 15.9 Å². The Morgan fingerprint density at radius 1 is 0.853 bits per heavy atom. The van der Waals surface area contributed by atoms with Gasteiger partial charge in [-0.1, -0.05) is 30.3 Å². The van der Waals surface area contributed by atoms with Gasteiger partial charge in [-0.3, -0.25) is 9.52 Å². The lowest BCUT2D eigenvalue weighted by Crippen LogP contribution is -2.15. The average molecular weight is 483 g/mol. The van der Waals surface area contributed by atoms with E-state index in [-0.39, 0.29) is 4.90 Å². The van der Waals surface area contributed by atoms with Crippen molar-refractivity contribution in [2.45, 2.75) is 11.8 Å². The predicted molar refractivity (Wildman–Crippen MR) is 132 cm³/mol. The van der Waals surface area contributed by atoms with Gasteiger partial charge in [0.25, 0.3) is 10.0 Å². The lowest BCUT2D eigenvalue weighted by Gasteiger charge is -2.13. The van der Waals surface area contributed by atoms with Crippen molar-refractivity contribution >= 4 is 33.4 Å². The van der Waals surface area contributed by atoms with E-state index in [9.17, 15) is 13.2 Å². The van der Waals surface area contributed by atoms with E-state index in [1.54, 1.807) is 61.5 Å². The first-order chi connectivity index (χ1) is 16.3. The van der Waals surface area contributed by atoms with Crippen LogP contribution >= 0.6 is 0 Å². The smallest absolute Gasteiger partial charge is 0.262 e. The first-order valence-electron chi connectivity index (χ1n) is 10.3. The lowest BCUT2D eigenvalue weighted by molar-refractivity contribution is -0.111. The number of carbonyl (C=O) groups excluding carboxylic acids is 1. The quantitative estimate of drug-likeness (QED) is 0.436. The van der Waals surface area contributed by atoms with Crippen LogP contribution in [-0.2, 0) is 14.8 Å². The van der Waals surface area contributed by atoms with E-state index in [2.05, 4.69) is 10.0 Å². The number of nitrogens with one attached hydrogen (secondary N) is 2. The van der Waals surface area contributed by atoms with Gasteiger partial charge in [-0.15, -0.1) is 0 Å². The highest BCUT2D eigenvalue weighted by Crippen LogP contribution is 2.31. The van der Waals surface area contributed by atoms with Crippen molar-refractivity contribution in [1.82, 2.24) is 0 Å². The Balaban J connectivity index is 1.81. The van der Waals surface area contributed by atoms with Crippen molar-refractivity contribution in [3.63, 3.8) is 0 Å². The number of hydrogen-bond acceptors (Lipinski definition) is 6. The van der Waals surface area contributed by atoms with Crippen molar-refractivity contribution < 1.29 is 27.4 Å². The molecule has 0 saturated carbocycles. The summed E-state index contributed by atoms with van der Waals surface area (Å²) in [5.41, 5.74) is 2.05. The van der Waals surface area contributed by atoms with Crippen molar-refractivity contribution in [2.75, 3.05) is 31.4 Å². The topological polar surface area (TPSA) is 103 Å². The second-order valence-electron chi connectivity index (χ2n) is 7.19. The summed E-state index contributed by atoms with van der Waals surface area (Å²) in [5, 5.41) is 2.73. The zero-order valence-electron chi connectivity index (χ0n) is 19.3. The molecule has 0 saturated heterocycles. The molecule has 34 heavy (non-hydrogen) atoms. The Labute approximate surface area is 199 Å². The standard InChI is InChI=1S/C25H26N2O6S/c1-17-12-14-19(34(29,30)27-20-9-5-6-10-22(20)31-2)16-21(17)26-24(28)15-13-18-8-7-11-23(32-3)25(18)33-4/h5-16,27H,1-4H3,(H,26,28)/b15-13+. The fourth-order valence-electron chi connectivity index (χ4n) is 3.22. The van der Waals surface area contributed by atoms with E-state index >= 15 is 0 Å². The van der Waals surface area contributed by atoms with E-state index in [0.717, 1.165) is 0 Å². The SMILES string of the molecule is COc1ccccc1NS(=O)(=O)c1ccc(C)c(NC(=O)/C=C/c2cccc(OC)c2OC)c1. The fraction of sp³-hybridized carbons (Fsp3) is 0.160. The van der Waals surface area contributed by atoms with Crippen LogP contribution in [0.5, 0.6) is 17.2 Å². The molecule has 3 aromatic carbocycles. The molecule has 178 valence electrons. The summed E-state index contributed by atoms with van der Waals surface area (Å²) >= 11 is 0. The Morgan fingerprint density at radius 3 is 2.26 bits per heavy atom. The summed E-state index contributed by atoms with van der Waals surface area (Å²) in [5.74, 6) is 1.01. The number of ether oxygens (including phenoxy) is 3. The van der Waals surface area contributed by atoms with Gasteiger partial charge in [0.05, 0.1) is 31.9 Å². The summed E-state index contributed by atoms with van der Waals surface area (Å²) in [7, 11) is 0.587. The number of sulfonamides is 1. The van der Waals surface area contributed by atoms with Gasteiger partial charge in [-0.2, -0.15) is 0 Å². The zero-order chi connectivity index (χ0) is 24.7. The summed E-state index contributed by atoms with van der Waals surface area (Å²) in [4.78, 5) is 12.6. The minimum absolute atomic E-state index is 0.00208. The van der Waals surface area contributed by atoms with Gasteiger partial charge in [0.1, 0.15) is 5.75 Å². The minimum Gasteiger partial charge on any atom is -0.495 e. The molecule has 8 nitrogen and oxygen atoms in total. The van der Waals surface area contributed by atoms with Gasteiger partial charge in [0, 0.05) is 17.3 Å². The molecule has 0 atom stereocenters. The van der Waals surface area contributed by atoms with Gasteiger partial charge in [-0.05, 0) is 48.9 Å². The highest BCUT2D eigenvalue weighted by atomic mass is 32.2. The zero-order valence-corrected chi connectivity index (χ0v) is 20.1. The first-order valence-corrected chi connectivity index (χ1v) is 11.7. The molecule has 0 heterocycles. The molecule has 2 N–H and O–H groups in total. The van der Waals surface area contributed by atoms with Crippen LogP contribution in [-0.4, -0.2) is 35.7 Å². The third kappa shape index (κ3) is 5.68. The van der Waals surface area contributed by atoms with Crippen molar-refractivity contribution in [3.8, 4) is 17.2 Å². The highest BCUT2D eigenvalue weighted by Gasteiger charge is 2.18. The maximum Gasteiger partial charge on any atom is 0.262 e. The van der Waals surface area contributed by atoms with Crippen LogP contribution in [0.25, 0.3) is 6.08 Å². The van der Waals surface area contributed by atoms with E-state index in [4.69, 9.17) is 14.2 Å². The van der Waals surface area contributed by atoms with Crippen LogP contribution in [0.15, 0.2) is 71.6 Å². The number of amides is 1. The summed E-state index contributed by atoms with van der Waals surface area (Å²) in [6, 6.07) is 16.5. The predicted octanol–water partition coefficient (Wildman–Crippen LogP) is 4.47. The number of hydrogen-bond donors (Lipinski definition) is 2. The van der Waals surface area contributed by atoms with Crippen LogP contribution in [0, 0.1) is 6.92 Å².